The molecule has 0 aliphatic carbocycles. The van der Waals surface area contributed by atoms with Gasteiger partial charge < -0.3 is 19.4 Å². The summed E-state index contributed by atoms with van der Waals surface area (Å²) in [4.78, 5) is 28.0. The van der Waals surface area contributed by atoms with Crippen LogP contribution in [0.2, 0.25) is 0 Å². The molecule has 2 aromatic rings. The van der Waals surface area contributed by atoms with Crippen LogP contribution in [0.4, 0.5) is 0 Å². The summed E-state index contributed by atoms with van der Waals surface area (Å²) in [5, 5.41) is 10.3. The number of esters is 1. The van der Waals surface area contributed by atoms with Crippen molar-refractivity contribution in [3.05, 3.63) is 46.0 Å². The Balaban J connectivity index is 0.00000176. The number of aromatic amines is 1. The van der Waals surface area contributed by atoms with E-state index < -0.39 is 11.6 Å². The third kappa shape index (κ3) is 5.11. The van der Waals surface area contributed by atoms with E-state index in [0.717, 1.165) is 0 Å². The SMILES string of the molecule is C=CCn1cc(C#CC(C)(C)O)c2c(C(=O)OCC)c(C)[nH]c2c1=O.CC. The lowest BCUT2D eigenvalue weighted by atomic mass is 10.1. The smallest absolute Gasteiger partial charge is 0.340 e. The maximum atomic E-state index is 12.7. The van der Waals surface area contributed by atoms with Crippen LogP contribution < -0.4 is 5.56 Å². The van der Waals surface area contributed by atoms with Crippen molar-refractivity contribution in [1.82, 2.24) is 9.55 Å². The van der Waals surface area contributed by atoms with Crippen molar-refractivity contribution in [1.29, 1.82) is 0 Å². The lowest BCUT2D eigenvalue weighted by Crippen LogP contribution is -2.20. The van der Waals surface area contributed by atoms with Crippen molar-refractivity contribution in [3.63, 3.8) is 0 Å². The van der Waals surface area contributed by atoms with Gasteiger partial charge in [-0.05, 0) is 27.7 Å². The number of pyridine rings is 1. The van der Waals surface area contributed by atoms with Gasteiger partial charge >= 0.3 is 5.97 Å². The van der Waals surface area contributed by atoms with Gasteiger partial charge in [0.05, 0.1) is 17.7 Å². The van der Waals surface area contributed by atoms with E-state index in [9.17, 15) is 14.7 Å². The lowest BCUT2D eigenvalue weighted by molar-refractivity contribution is 0.0528. The van der Waals surface area contributed by atoms with E-state index in [1.165, 1.54) is 4.57 Å². The number of allylic oxidation sites excluding steroid dienone is 1. The highest BCUT2D eigenvalue weighted by atomic mass is 16.5. The third-order valence-electron chi connectivity index (χ3n) is 3.52. The van der Waals surface area contributed by atoms with E-state index >= 15 is 0 Å². The molecule has 0 spiro atoms. The molecule has 2 aromatic heterocycles. The zero-order chi connectivity index (χ0) is 20.8. The van der Waals surface area contributed by atoms with Gasteiger partial charge in [-0.2, -0.15) is 0 Å². The molecule has 0 aliphatic rings. The van der Waals surface area contributed by atoms with Gasteiger partial charge in [-0.25, -0.2) is 4.79 Å². The number of aliphatic hydroxyl groups is 1. The Bertz CT molecular complexity index is 947. The average molecular weight is 372 g/mol. The van der Waals surface area contributed by atoms with Gasteiger partial charge in [-0.3, -0.25) is 4.79 Å². The molecule has 0 bridgehead atoms. The second-order valence-corrected chi connectivity index (χ2v) is 6.19. The maximum Gasteiger partial charge on any atom is 0.340 e. The summed E-state index contributed by atoms with van der Waals surface area (Å²) in [5.41, 5.74) is 0.0903. The predicted octanol–water partition coefficient (Wildman–Crippen LogP) is 3.15. The molecule has 0 unspecified atom stereocenters. The van der Waals surface area contributed by atoms with Crippen LogP contribution in [-0.2, 0) is 11.3 Å². The van der Waals surface area contributed by atoms with E-state index in [2.05, 4.69) is 23.4 Å². The molecule has 0 fully saturated rings. The van der Waals surface area contributed by atoms with Crippen LogP contribution in [0.5, 0.6) is 0 Å². The summed E-state index contributed by atoms with van der Waals surface area (Å²) in [6, 6.07) is 0. The first-order chi connectivity index (χ1) is 12.7. The molecule has 2 N–H and O–H groups in total. The molecule has 6 nitrogen and oxygen atoms in total. The fourth-order valence-electron chi connectivity index (χ4n) is 2.53. The van der Waals surface area contributed by atoms with Crippen molar-refractivity contribution in [2.75, 3.05) is 6.61 Å². The second-order valence-electron chi connectivity index (χ2n) is 6.19. The number of ether oxygens (including phenoxy) is 1. The highest BCUT2D eigenvalue weighted by molar-refractivity contribution is 6.07. The molecule has 0 saturated carbocycles. The summed E-state index contributed by atoms with van der Waals surface area (Å²) < 4.78 is 6.56. The van der Waals surface area contributed by atoms with Gasteiger partial charge in [0.25, 0.3) is 5.56 Å². The Hall–Kier alpha value is -2.78. The standard InChI is InChI=1S/C19H22N2O4.C2H6/c1-6-10-21-11-13(8-9-19(4,5)24)15-14(18(23)25-7-2)12(3)20-16(15)17(21)22;1-2/h6,11,20,24H,1,7,10H2,2-5H3;1-2H3. The summed E-state index contributed by atoms with van der Waals surface area (Å²) in [7, 11) is 0. The molecule has 6 heteroatoms. The number of H-pyrrole nitrogens is 1. The highest BCUT2D eigenvalue weighted by Crippen LogP contribution is 2.24. The van der Waals surface area contributed by atoms with Gasteiger partial charge in [0.15, 0.2) is 0 Å². The van der Waals surface area contributed by atoms with Gasteiger partial charge in [-0.1, -0.05) is 31.8 Å². The number of hydrogen-bond acceptors (Lipinski definition) is 4. The molecule has 0 radical (unpaired) electrons. The Morgan fingerprint density at radius 3 is 2.59 bits per heavy atom. The van der Waals surface area contributed by atoms with Gasteiger partial charge in [0.2, 0.25) is 0 Å². The predicted molar refractivity (Wildman–Crippen MR) is 108 cm³/mol. The van der Waals surface area contributed by atoms with E-state index in [1.54, 1.807) is 40.0 Å². The number of aromatic nitrogens is 2. The number of nitrogens with zero attached hydrogens (tertiary/aromatic N) is 1. The molecule has 0 atom stereocenters. The fraction of sp³-hybridized carbons (Fsp3) is 0.429. The summed E-state index contributed by atoms with van der Waals surface area (Å²) in [6.07, 6.45) is 3.17. The molecule has 2 heterocycles. The minimum absolute atomic E-state index is 0.225. The first-order valence-electron chi connectivity index (χ1n) is 8.98. The molecular weight excluding hydrogens is 344 g/mol. The molecule has 146 valence electrons. The largest absolute Gasteiger partial charge is 0.462 e. The number of hydrogen-bond donors (Lipinski definition) is 2. The van der Waals surface area contributed by atoms with Crippen molar-refractivity contribution >= 4 is 16.9 Å². The van der Waals surface area contributed by atoms with Crippen LogP contribution in [0.15, 0.2) is 23.6 Å². The van der Waals surface area contributed by atoms with Crippen LogP contribution >= 0.6 is 0 Å². The molecular formula is C21H28N2O4. The molecule has 0 aromatic carbocycles. The van der Waals surface area contributed by atoms with E-state index in [-0.39, 0.29) is 17.7 Å². The summed E-state index contributed by atoms with van der Waals surface area (Å²) in [6.45, 7) is 14.7. The number of carbonyl (C=O) groups excluding carboxylic acids is 1. The molecule has 0 amide bonds. The van der Waals surface area contributed by atoms with Crippen LogP contribution in [0.25, 0.3) is 10.9 Å². The van der Waals surface area contributed by atoms with Crippen molar-refractivity contribution in [2.45, 2.75) is 53.7 Å². The van der Waals surface area contributed by atoms with Crippen molar-refractivity contribution in [3.8, 4) is 11.8 Å². The summed E-state index contributed by atoms with van der Waals surface area (Å²) in [5.74, 6) is 5.09. The topological polar surface area (TPSA) is 84.3 Å². The number of carbonyl (C=O) groups is 1. The Labute approximate surface area is 159 Å². The number of aryl methyl sites for hydroxylation is 1. The quantitative estimate of drug-likeness (QED) is 0.491. The van der Waals surface area contributed by atoms with Crippen LogP contribution in [0.3, 0.4) is 0 Å². The van der Waals surface area contributed by atoms with Crippen LogP contribution in [-0.4, -0.2) is 32.8 Å². The van der Waals surface area contributed by atoms with E-state index in [1.807, 2.05) is 13.8 Å². The highest BCUT2D eigenvalue weighted by Gasteiger charge is 2.22. The Morgan fingerprint density at radius 1 is 1.44 bits per heavy atom. The Kier molecular flexibility index (Phi) is 7.62. The number of rotatable bonds is 4. The molecule has 0 aliphatic heterocycles. The summed E-state index contributed by atoms with van der Waals surface area (Å²) >= 11 is 0. The Morgan fingerprint density at radius 2 is 2.07 bits per heavy atom. The van der Waals surface area contributed by atoms with Crippen LogP contribution in [0, 0.1) is 18.8 Å². The van der Waals surface area contributed by atoms with Gasteiger partial charge in [-0.15, -0.1) is 6.58 Å². The zero-order valence-corrected chi connectivity index (χ0v) is 16.9. The van der Waals surface area contributed by atoms with E-state index in [0.29, 0.717) is 28.8 Å². The second kappa shape index (κ2) is 9.24. The first-order valence-corrected chi connectivity index (χ1v) is 8.98. The lowest BCUT2D eigenvalue weighted by Gasteiger charge is -2.09. The average Bonchev–Trinajstić information content (AvgIpc) is 2.95. The maximum absolute atomic E-state index is 12.7. The molecule has 0 saturated heterocycles. The van der Waals surface area contributed by atoms with Gasteiger partial charge in [0.1, 0.15) is 11.1 Å². The van der Waals surface area contributed by atoms with Crippen molar-refractivity contribution in [2.24, 2.45) is 0 Å². The minimum atomic E-state index is -1.21. The van der Waals surface area contributed by atoms with E-state index in [4.69, 9.17) is 4.74 Å². The van der Waals surface area contributed by atoms with Crippen molar-refractivity contribution < 1.29 is 14.6 Å². The zero-order valence-electron chi connectivity index (χ0n) is 16.9. The monoisotopic (exact) mass is 372 g/mol. The van der Waals surface area contributed by atoms with Gasteiger partial charge in [0, 0.05) is 23.8 Å². The third-order valence-corrected chi connectivity index (χ3v) is 3.52. The number of nitrogens with one attached hydrogen (secondary N) is 1. The molecule has 2 rings (SSSR count). The molecule has 27 heavy (non-hydrogen) atoms. The van der Waals surface area contributed by atoms with Crippen LogP contribution in [0.1, 0.15) is 56.2 Å². The normalized spacial score (nSPS) is 10.5. The first kappa shape index (κ1) is 22.3. The minimum Gasteiger partial charge on any atom is -0.462 e. The fourth-order valence-corrected chi connectivity index (χ4v) is 2.53. The number of fused-ring (bicyclic) bond motifs is 1.